The van der Waals surface area contributed by atoms with Crippen molar-refractivity contribution in [3.8, 4) is 0 Å². The highest BCUT2D eigenvalue weighted by Crippen LogP contribution is 2.30. The van der Waals surface area contributed by atoms with Gasteiger partial charge in [0, 0.05) is 11.3 Å². The Labute approximate surface area is 125 Å². The Hall–Kier alpha value is -2.14. The van der Waals surface area contributed by atoms with Crippen LogP contribution in [0.2, 0.25) is 0 Å². The van der Waals surface area contributed by atoms with Gasteiger partial charge in [-0.3, -0.25) is 4.79 Å². The second kappa shape index (κ2) is 8.21. The maximum absolute atomic E-state index is 11.2. The second-order valence-corrected chi connectivity index (χ2v) is 4.74. The molecule has 5 heteroatoms. The number of rotatable bonds is 4. The van der Waals surface area contributed by atoms with E-state index in [0.717, 1.165) is 0 Å². The van der Waals surface area contributed by atoms with E-state index in [1.165, 1.54) is 19.3 Å². The summed E-state index contributed by atoms with van der Waals surface area (Å²) >= 11 is 0. The molecule has 21 heavy (non-hydrogen) atoms. The smallest absolute Gasteiger partial charge is 0.249 e. The predicted molar refractivity (Wildman–Crippen MR) is 86.5 cm³/mol. The molecule has 114 valence electrons. The van der Waals surface area contributed by atoms with Crippen molar-refractivity contribution in [3.63, 3.8) is 0 Å². The average Bonchev–Trinajstić information content (AvgIpc) is 2.47. The second-order valence-electron chi connectivity index (χ2n) is 4.74. The number of nitrogens with two attached hydrogens (primary N) is 1. The topological polar surface area (TPSA) is 87.7 Å². The van der Waals surface area contributed by atoms with Gasteiger partial charge in [0.15, 0.2) is 0 Å². The van der Waals surface area contributed by atoms with Gasteiger partial charge in [0.25, 0.3) is 0 Å². The molecule has 0 saturated carbocycles. The Morgan fingerprint density at radius 1 is 1.38 bits per heavy atom. The van der Waals surface area contributed by atoms with Crippen molar-refractivity contribution < 1.29 is 9.90 Å². The highest BCUT2D eigenvalue weighted by atomic mass is 16.3. The van der Waals surface area contributed by atoms with E-state index < -0.39 is 5.91 Å². The van der Waals surface area contributed by atoms with Crippen LogP contribution in [-0.2, 0) is 0 Å². The van der Waals surface area contributed by atoms with Crippen molar-refractivity contribution in [3.05, 3.63) is 35.9 Å². The number of aliphatic hydroxyl groups excluding tert-OH is 1. The molecule has 0 saturated heterocycles. The van der Waals surface area contributed by atoms with Crippen molar-refractivity contribution in [1.29, 1.82) is 0 Å². The molecular weight excluding hydrogens is 266 g/mol. The third-order valence-electron chi connectivity index (χ3n) is 3.02. The Kier molecular flexibility index (Phi) is 6.62. The van der Waals surface area contributed by atoms with Gasteiger partial charge in [-0.05, 0) is 12.1 Å². The van der Waals surface area contributed by atoms with E-state index in [1.807, 2.05) is 0 Å². The summed E-state index contributed by atoms with van der Waals surface area (Å²) in [7, 11) is 0. The van der Waals surface area contributed by atoms with E-state index in [2.05, 4.69) is 30.7 Å². The molecule has 0 spiro atoms. The summed E-state index contributed by atoms with van der Waals surface area (Å²) in [6, 6.07) is 5.05. The molecule has 0 aromatic heterocycles. The lowest BCUT2D eigenvalue weighted by atomic mass is 10.0. The third kappa shape index (κ3) is 4.43. The Bertz CT molecular complexity index is 548. The molecule has 0 unspecified atom stereocenters. The van der Waals surface area contributed by atoms with Crippen LogP contribution in [0.15, 0.2) is 29.8 Å². The average molecular weight is 289 g/mol. The molecule has 0 fully saturated rings. The first-order chi connectivity index (χ1) is 10.0. The molecule has 0 aliphatic carbocycles. The molecule has 1 amide bonds. The number of amides is 1. The minimum atomic E-state index is -0.526. The first kappa shape index (κ1) is 16.9. The summed E-state index contributed by atoms with van der Waals surface area (Å²) in [6.07, 6.45) is 4.08. The van der Waals surface area contributed by atoms with Crippen LogP contribution in [0.3, 0.4) is 0 Å². The first-order valence-electron chi connectivity index (χ1n) is 7.12. The number of benzene rings is 1. The molecule has 1 aliphatic heterocycles. The van der Waals surface area contributed by atoms with E-state index in [1.54, 1.807) is 18.2 Å². The van der Waals surface area contributed by atoms with Crippen LogP contribution in [-0.4, -0.2) is 23.5 Å². The maximum atomic E-state index is 11.2. The van der Waals surface area contributed by atoms with Gasteiger partial charge >= 0.3 is 0 Å². The third-order valence-corrected chi connectivity index (χ3v) is 3.02. The number of amidine groups is 1. The molecule has 1 heterocycles. The van der Waals surface area contributed by atoms with Crippen LogP contribution < -0.4 is 11.1 Å². The van der Waals surface area contributed by atoms with Crippen LogP contribution >= 0.6 is 0 Å². The lowest BCUT2D eigenvalue weighted by molar-refractivity contribution is 0.1000. The number of unbranched alkanes of at least 4 members (excludes halogenated alkanes) is 2. The summed E-state index contributed by atoms with van der Waals surface area (Å²) in [4.78, 5) is 15.4. The zero-order chi connectivity index (χ0) is 15.8. The first-order valence-corrected chi connectivity index (χ1v) is 7.12. The lowest BCUT2D eigenvalue weighted by Crippen LogP contribution is -2.29. The summed E-state index contributed by atoms with van der Waals surface area (Å²) in [6.45, 7) is 8.00. The molecule has 5 nitrogen and oxygen atoms in total. The number of hydrogen-bond acceptors (Lipinski definition) is 4. The fraction of sp³-hybridized carbons (Fsp3) is 0.375. The van der Waals surface area contributed by atoms with E-state index in [4.69, 9.17) is 10.8 Å². The van der Waals surface area contributed by atoms with Crippen molar-refractivity contribution in [2.45, 2.75) is 33.1 Å². The molecule has 2 rings (SSSR count). The summed E-state index contributed by atoms with van der Waals surface area (Å²) < 4.78 is 0. The van der Waals surface area contributed by atoms with Gasteiger partial charge in [-0.15, -0.1) is 0 Å². The Morgan fingerprint density at radius 3 is 2.52 bits per heavy atom. The molecule has 1 aliphatic rings. The quantitative estimate of drug-likeness (QED) is 0.796. The van der Waals surface area contributed by atoms with Crippen molar-refractivity contribution >= 4 is 23.1 Å². The summed E-state index contributed by atoms with van der Waals surface area (Å²) in [5.41, 5.74) is 7.33. The van der Waals surface area contributed by atoms with E-state index in [-0.39, 0.29) is 6.61 Å². The summed E-state index contributed by atoms with van der Waals surface area (Å²) in [5, 5.41) is 11.8. The van der Waals surface area contributed by atoms with Crippen LogP contribution in [0.4, 0.5) is 5.69 Å². The number of fused-ring (bicyclic) bond motifs is 1. The maximum Gasteiger partial charge on any atom is 0.249 e. The minimum absolute atomic E-state index is 0.209. The predicted octanol–water partition coefficient (Wildman–Crippen LogP) is 2.58. The fourth-order valence-electron chi connectivity index (χ4n) is 1.99. The van der Waals surface area contributed by atoms with Gasteiger partial charge in [0.2, 0.25) is 5.91 Å². The van der Waals surface area contributed by atoms with Crippen LogP contribution in [0, 0.1) is 0 Å². The van der Waals surface area contributed by atoms with Crippen molar-refractivity contribution in [2.24, 2.45) is 10.7 Å². The van der Waals surface area contributed by atoms with E-state index in [9.17, 15) is 4.79 Å². The summed E-state index contributed by atoms with van der Waals surface area (Å²) in [5.74, 6) is -0.124. The number of primary amides is 1. The zero-order valence-corrected chi connectivity index (χ0v) is 12.6. The van der Waals surface area contributed by atoms with Crippen molar-refractivity contribution in [1.82, 2.24) is 5.32 Å². The highest BCUT2D eigenvalue weighted by Gasteiger charge is 2.19. The van der Waals surface area contributed by atoms with Crippen molar-refractivity contribution in [2.75, 3.05) is 6.61 Å². The van der Waals surface area contributed by atoms with E-state index in [0.29, 0.717) is 28.3 Å². The molecule has 1 aromatic rings. The number of aliphatic hydroxyl groups is 1. The van der Waals surface area contributed by atoms with Gasteiger partial charge in [0.05, 0.1) is 11.3 Å². The van der Waals surface area contributed by atoms with Gasteiger partial charge in [-0.1, -0.05) is 45.8 Å². The Balaban J connectivity index is 0.000000383. The number of nitrogens with one attached hydrogen (secondary N) is 1. The Morgan fingerprint density at radius 2 is 2.05 bits per heavy atom. The molecule has 0 radical (unpaired) electrons. The molecular formula is C16H23N3O2. The van der Waals surface area contributed by atoms with Gasteiger partial charge in [-0.25, -0.2) is 4.99 Å². The van der Waals surface area contributed by atoms with Gasteiger partial charge < -0.3 is 16.2 Å². The lowest BCUT2D eigenvalue weighted by Gasteiger charge is -2.20. The molecule has 0 atom stereocenters. The van der Waals surface area contributed by atoms with Crippen LogP contribution in [0.25, 0.3) is 5.70 Å². The number of carbonyl (C=O) groups is 1. The van der Waals surface area contributed by atoms with Crippen LogP contribution in [0.5, 0.6) is 0 Å². The van der Waals surface area contributed by atoms with E-state index >= 15 is 0 Å². The number of aliphatic imine (C=N–C) groups is 1. The molecule has 1 aromatic carbocycles. The minimum Gasteiger partial charge on any atom is -0.388 e. The SMILES string of the molecule is C=C1NC(CO)=Nc2cccc(C(N)=O)c21.CCCCC. The largest absolute Gasteiger partial charge is 0.388 e. The molecule has 0 bridgehead atoms. The zero-order valence-electron chi connectivity index (χ0n) is 12.6. The van der Waals surface area contributed by atoms with Gasteiger partial charge in [-0.2, -0.15) is 0 Å². The normalized spacial score (nSPS) is 12.5. The number of hydrogen-bond donors (Lipinski definition) is 3. The fourth-order valence-corrected chi connectivity index (χ4v) is 1.99. The monoisotopic (exact) mass is 289 g/mol. The van der Waals surface area contributed by atoms with Crippen LogP contribution in [0.1, 0.15) is 49.0 Å². The number of carbonyl (C=O) groups excluding carboxylic acids is 1. The number of nitrogens with zero attached hydrogens (tertiary/aromatic N) is 1. The molecule has 4 N–H and O–H groups in total. The standard InChI is InChI=1S/C11H11N3O2.C5H12/c1-6-10-7(11(12)16)3-2-4-8(10)14-9(5-15)13-6;1-3-5-4-2/h2-4,15H,1,5H2,(H2,12,16)(H,13,14);3-5H2,1-2H3. The highest BCUT2D eigenvalue weighted by molar-refractivity contribution is 6.05. The van der Waals surface area contributed by atoms with Gasteiger partial charge in [0.1, 0.15) is 12.4 Å².